The van der Waals surface area contributed by atoms with Crippen LogP contribution in [-0.4, -0.2) is 54.8 Å². The zero-order chi connectivity index (χ0) is 29.1. The van der Waals surface area contributed by atoms with Gasteiger partial charge < -0.3 is 19.1 Å². The van der Waals surface area contributed by atoms with Crippen LogP contribution in [0, 0.1) is 0 Å². The molecule has 0 bridgehead atoms. The van der Waals surface area contributed by atoms with Gasteiger partial charge in [-0.15, -0.1) is 0 Å². The molecule has 0 spiro atoms. The summed E-state index contributed by atoms with van der Waals surface area (Å²) in [6.45, 7) is 5.12. The summed E-state index contributed by atoms with van der Waals surface area (Å²) < 4.78 is 18.6. The number of methoxy groups -OCH3 is 1. The van der Waals surface area contributed by atoms with Crippen molar-refractivity contribution in [2.75, 3.05) is 33.4 Å². The number of hydrogen-bond acceptors (Lipinski definition) is 8. The normalized spacial score (nSPS) is 16.8. The molecule has 0 N–H and O–H groups in total. The summed E-state index contributed by atoms with van der Waals surface area (Å²) in [4.78, 5) is 46.1. The molecule has 0 saturated carbocycles. The highest BCUT2D eigenvalue weighted by Gasteiger charge is 2.33. The van der Waals surface area contributed by atoms with Crippen molar-refractivity contribution >= 4 is 40.9 Å². The Kier molecular flexibility index (Phi) is 8.60. The monoisotopic (exact) mass is 595 g/mol. The van der Waals surface area contributed by atoms with E-state index < -0.39 is 12.0 Å². The van der Waals surface area contributed by atoms with Gasteiger partial charge in [-0.1, -0.05) is 41.1 Å². The Morgan fingerprint density at radius 3 is 2.54 bits per heavy atom. The van der Waals surface area contributed by atoms with Crippen molar-refractivity contribution in [3.05, 3.63) is 89.6 Å². The molecule has 2 aliphatic heterocycles. The molecule has 0 radical (unpaired) electrons. The minimum Gasteiger partial charge on any atom is -0.493 e. The molecule has 1 atom stereocenters. The smallest absolute Gasteiger partial charge is 0.338 e. The molecule has 1 aromatic heterocycles. The van der Waals surface area contributed by atoms with Gasteiger partial charge in [0.25, 0.3) is 11.5 Å². The number of rotatable bonds is 8. The van der Waals surface area contributed by atoms with Gasteiger partial charge in [0.1, 0.15) is 0 Å². The van der Waals surface area contributed by atoms with E-state index in [-0.39, 0.29) is 24.7 Å². The van der Waals surface area contributed by atoms with Crippen molar-refractivity contribution in [2.24, 2.45) is 4.99 Å². The highest BCUT2D eigenvalue weighted by Crippen LogP contribution is 2.32. The lowest BCUT2D eigenvalue weighted by Crippen LogP contribution is -2.39. The molecule has 1 fully saturated rings. The molecule has 5 rings (SSSR count). The van der Waals surface area contributed by atoms with Crippen LogP contribution in [0.5, 0.6) is 11.5 Å². The Labute approximate surface area is 245 Å². The molecule has 2 aliphatic rings. The largest absolute Gasteiger partial charge is 0.493 e. The van der Waals surface area contributed by atoms with E-state index in [4.69, 9.17) is 25.8 Å². The van der Waals surface area contributed by atoms with E-state index in [2.05, 4.69) is 4.99 Å². The first-order valence-electron chi connectivity index (χ1n) is 13.3. The van der Waals surface area contributed by atoms with Crippen LogP contribution in [0.25, 0.3) is 6.08 Å². The van der Waals surface area contributed by atoms with Crippen LogP contribution in [0.15, 0.2) is 63.5 Å². The van der Waals surface area contributed by atoms with Gasteiger partial charge in [-0.05, 0) is 68.2 Å². The zero-order valence-corrected chi connectivity index (χ0v) is 24.6. The summed E-state index contributed by atoms with van der Waals surface area (Å²) in [5, 5.41) is 0.543. The maximum Gasteiger partial charge on any atom is 0.338 e. The van der Waals surface area contributed by atoms with Gasteiger partial charge in [0.15, 0.2) is 22.9 Å². The number of hydrogen-bond donors (Lipinski definition) is 0. The third-order valence-corrected chi connectivity index (χ3v) is 8.23. The molecular formula is C30H30ClN3O6S. The number of thiazole rings is 1. The highest BCUT2D eigenvalue weighted by molar-refractivity contribution is 7.07. The number of halogens is 1. The SMILES string of the molecule is CCOC(=O)C1=C(C)N=c2s/c(=C/c3ccc(OCC(=O)N4CCCC4)c(OC)c3)c(=O)n2[C@@H]1c1ccc(Cl)cc1. The van der Waals surface area contributed by atoms with E-state index in [9.17, 15) is 14.4 Å². The lowest BCUT2D eigenvalue weighted by molar-refractivity contribution is -0.139. The standard InChI is InChI=1S/C30H30ClN3O6S/c1-4-39-29(37)26-18(2)32-30-34(27(26)20-8-10-21(31)11-9-20)28(36)24(41-30)16-19-7-12-22(23(15-19)38-3)40-17-25(35)33-13-5-6-14-33/h7-12,15-16,27H,4-6,13-14,17H2,1-3H3/b24-16+/t27-/m1/s1. The first-order chi connectivity index (χ1) is 19.8. The molecule has 9 nitrogen and oxygen atoms in total. The maximum atomic E-state index is 13.8. The molecule has 0 aliphatic carbocycles. The van der Waals surface area contributed by atoms with Crippen molar-refractivity contribution in [1.82, 2.24) is 9.47 Å². The van der Waals surface area contributed by atoms with Crippen molar-refractivity contribution < 1.29 is 23.8 Å². The van der Waals surface area contributed by atoms with Gasteiger partial charge in [0, 0.05) is 18.1 Å². The Morgan fingerprint density at radius 2 is 1.85 bits per heavy atom. The predicted molar refractivity (Wildman–Crippen MR) is 156 cm³/mol. The van der Waals surface area contributed by atoms with Gasteiger partial charge >= 0.3 is 5.97 Å². The lowest BCUT2D eigenvalue weighted by Gasteiger charge is -2.24. The van der Waals surface area contributed by atoms with Gasteiger partial charge in [0.05, 0.1) is 35.6 Å². The van der Waals surface area contributed by atoms with Crippen molar-refractivity contribution in [1.29, 1.82) is 0 Å². The first kappa shape index (κ1) is 28.6. The third-order valence-electron chi connectivity index (χ3n) is 7.00. The summed E-state index contributed by atoms with van der Waals surface area (Å²) in [5.74, 6) is 0.310. The second-order valence-electron chi connectivity index (χ2n) is 9.64. The van der Waals surface area contributed by atoms with Gasteiger partial charge in [-0.3, -0.25) is 14.2 Å². The van der Waals surface area contributed by atoms with E-state index >= 15 is 0 Å². The number of fused-ring (bicyclic) bond motifs is 1. The van der Waals surface area contributed by atoms with Crippen molar-refractivity contribution in [2.45, 2.75) is 32.7 Å². The van der Waals surface area contributed by atoms with Crippen LogP contribution in [-0.2, 0) is 14.3 Å². The van der Waals surface area contributed by atoms with Crippen molar-refractivity contribution in [3.8, 4) is 11.5 Å². The van der Waals surface area contributed by atoms with E-state index in [0.29, 0.717) is 48.3 Å². The lowest BCUT2D eigenvalue weighted by atomic mass is 9.96. The molecular weight excluding hydrogens is 566 g/mol. The summed E-state index contributed by atoms with van der Waals surface area (Å²) in [6, 6.07) is 11.6. The van der Waals surface area contributed by atoms with Crippen LogP contribution < -0.4 is 24.4 Å². The van der Waals surface area contributed by atoms with Crippen LogP contribution in [0.2, 0.25) is 5.02 Å². The van der Waals surface area contributed by atoms with Crippen molar-refractivity contribution in [3.63, 3.8) is 0 Å². The fourth-order valence-corrected chi connectivity index (χ4v) is 6.17. The number of carbonyl (C=O) groups excluding carboxylic acids is 2. The average molecular weight is 596 g/mol. The topological polar surface area (TPSA) is 99.4 Å². The number of nitrogens with zero attached hydrogens (tertiary/aromatic N) is 3. The molecule has 1 saturated heterocycles. The molecule has 41 heavy (non-hydrogen) atoms. The number of esters is 1. The third kappa shape index (κ3) is 5.94. The molecule has 0 unspecified atom stereocenters. The second-order valence-corrected chi connectivity index (χ2v) is 11.1. The van der Waals surface area contributed by atoms with E-state index in [0.717, 1.165) is 25.9 Å². The highest BCUT2D eigenvalue weighted by atomic mass is 35.5. The Hall–Kier alpha value is -3.89. The van der Waals surface area contributed by atoms with E-state index in [1.54, 1.807) is 67.3 Å². The second kappa shape index (κ2) is 12.3. The number of carbonyl (C=O) groups is 2. The van der Waals surface area contributed by atoms with E-state index in [1.807, 2.05) is 0 Å². The first-order valence-corrected chi connectivity index (χ1v) is 14.5. The minimum atomic E-state index is -0.719. The molecule has 3 aromatic rings. The number of likely N-dealkylation sites (tertiary alicyclic amines) is 1. The fraction of sp³-hybridized carbons (Fsp3) is 0.333. The maximum absolute atomic E-state index is 13.8. The van der Waals surface area contributed by atoms with Crippen LogP contribution in [0.4, 0.5) is 0 Å². The number of ether oxygens (including phenoxy) is 3. The number of benzene rings is 2. The quantitative estimate of drug-likeness (QED) is 0.370. The van der Waals surface area contributed by atoms with Gasteiger partial charge in [-0.2, -0.15) is 0 Å². The number of allylic oxidation sites excluding steroid dienone is 1. The summed E-state index contributed by atoms with van der Waals surface area (Å²) in [6.07, 6.45) is 3.77. The molecule has 11 heteroatoms. The van der Waals surface area contributed by atoms with E-state index in [1.165, 1.54) is 23.0 Å². The van der Waals surface area contributed by atoms with Crippen LogP contribution in [0.3, 0.4) is 0 Å². The van der Waals surface area contributed by atoms with Crippen LogP contribution in [0.1, 0.15) is 43.9 Å². The number of amides is 1. The van der Waals surface area contributed by atoms with Gasteiger partial charge in [0.2, 0.25) is 0 Å². The summed E-state index contributed by atoms with van der Waals surface area (Å²) in [5.41, 5.74) is 1.92. The zero-order valence-electron chi connectivity index (χ0n) is 23.0. The summed E-state index contributed by atoms with van der Waals surface area (Å²) in [7, 11) is 1.52. The predicted octanol–water partition coefficient (Wildman–Crippen LogP) is 3.46. The Balaban J connectivity index is 1.51. The van der Waals surface area contributed by atoms with Crippen LogP contribution >= 0.6 is 22.9 Å². The minimum absolute atomic E-state index is 0.0533. The Morgan fingerprint density at radius 1 is 1.12 bits per heavy atom. The number of aromatic nitrogens is 1. The fourth-order valence-electron chi connectivity index (χ4n) is 4.99. The van der Waals surface area contributed by atoms with Gasteiger partial charge in [-0.25, -0.2) is 9.79 Å². The molecule has 214 valence electrons. The molecule has 3 heterocycles. The molecule has 2 aromatic carbocycles. The Bertz CT molecular complexity index is 1690. The average Bonchev–Trinajstić information content (AvgIpc) is 3.60. The molecule has 1 amide bonds. The summed E-state index contributed by atoms with van der Waals surface area (Å²) >= 11 is 7.35.